The summed E-state index contributed by atoms with van der Waals surface area (Å²) in [5, 5.41) is 3.61. The molecule has 0 bridgehead atoms. The molecule has 0 radical (unpaired) electrons. The highest BCUT2D eigenvalue weighted by atomic mass is 16.5. The predicted molar refractivity (Wildman–Crippen MR) is 76.6 cm³/mol. The monoisotopic (exact) mass is 277 g/mol. The Hall–Kier alpha value is -1.20. The van der Waals surface area contributed by atoms with Crippen LogP contribution in [0.1, 0.15) is 37.2 Å². The van der Waals surface area contributed by atoms with E-state index >= 15 is 0 Å². The lowest BCUT2D eigenvalue weighted by molar-refractivity contribution is 0.0619. The maximum atomic E-state index is 5.82. The molecule has 20 heavy (non-hydrogen) atoms. The molecule has 3 atom stereocenters. The maximum absolute atomic E-state index is 5.82. The third kappa shape index (κ3) is 2.94. The number of methoxy groups -OCH3 is 1. The van der Waals surface area contributed by atoms with Crippen LogP contribution in [-0.2, 0) is 16.1 Å². The molecule has 2 fully saturated rings. The number of aromatic nitrogens is 2. The quantitative estimate of drug-likeness (QED) is 0.915. The number of anilines is 1. The van der Waals surface area contributed by atoms with Gasteiger partial charge in [0.25, 0.3) is 0 Å². The molecule has 1 aromatic rings. The Morgan fingerprint density at radius 1 is 1.35 bits per heavy atom. The summed E-state index contributed by atoms with van der Waals surface area (Å²) in [4.78, 5) is 8.93. The van der Waals surface area contributed by atoms with Crippen molar-refractivity contribution in [3.63, 3.8) is 0 Å². The van der Waals surface area contributed by atoms with Gasteiger partial charge in [-0.2, -0.15) is 0 Å². The van der Waals surface area contributed by atoms with Crippen LogP contribution in [-0.4, -0.2) is 35.8 Å². The van der Waals surface area contributed by atoms with Crippen LogP contribution >= 0.6 is 0 Å². The minimum absolute atomic E-state index is 0.447. The first kappa shape index (κ1) is 13.8. The fraction of sp³-hybridized carbons (Fsp3) is 0.733. The number of rotatable bonds is 4. The lowest BCUT2D eigenvalue weighted by atomic mass is 9.82. The summed E-state index contributed by atoms with van der Waals surface area (Å²) < 4.78 is 10.9. The number of nitrogens with one attached hydrogen (secondary N) is 1. The van der Waals surface area contributed by atoms with E-state index in [1.807, 2.05) is 13.0 Å². The van der Waals surface area contributed by atoms with Crippen molar-refractivity contribution in [2.24, 2.45) is 5.92 Å². The Bertz CT molecular complexity index is 466. The fourth-order valence-electron chi connectivity index (χ4n) is 3.44. The first-order valence-corrected chi connectivity index (χ1v) is 7.48. The molecule has 5 heteroatoms. The number of ether oxygens (including phenoxy) is 2. The van der Waals surface area contributed by atoms with Crippen LogP contribution in [0, 0.1) is 12.8 Å². The first-order chi connectivity index (χ1) is 9.76. The second-order valence-electron chi connectivity index (χ2n) is 5.79. The van der Waals surface area contributed by atoms with Crippen molar-refractivity contribution < 1.29 is 9.47 Å². The molecule has 1 aromatic heterocycles. The molecule has 2 heterocycles. The fourth-order valence-corrected chi connectivity index (χ4v) is 3.44. The molecule has 5 nitrogen and oxygen atoms in total. The zero-order valence-electron chi connectivity index (χ0n) is 12.3. The number of aryl methyl sites for hydroxylation is 1. The molecule has 110 valence electrons. The van der Waals surface area contributed by atoms with Crippen molar-refractivity contribution >= 4 is 5.82 Å². The maximum Gasteiger partial charge on any atom is 0.156 e. The van der Waals surface area contributed by atoms with Gasteiger partial charge in [-0.25, -0.2) is 9.97 Å². The highest BCUT2D eigenvalue weighted by Gasteiger charge is 2.37. The van der Waals surface area contributed by atoms with E-state index < -0.39 is 0 Å². The van der Waals surface area contributed by atoms with Gasteiger partial charge in [-0.3, -0.25) is 0 Å². The molecular formula is C15H23N3O2. The molecule has 3 rings (SSSR count). The van der Waals surface area contributed by atoms with Crippen LogP contribution in [0.3, 0.4) is 0 Å². The standard InChI is InChI=1S/C15H23N3O2/c1-10-8-14(18-15(16-10)9-19-2)17-12-4-3-5-13-11(12)6-7-20-13/h8,11-13H,3-7,9H2,1-2H3,(H,16,17,18)/t11-,12+,13-/m0/s1. The topological polar surface area (TPSA) is 56.3 Å². The van der Waals surface area contributed by atoms with Crippen molar-refractivity contribution in [2.45, 2.75) is 51.4 Å². The van der Waals surface area contributed by atoms with Gasteiger partial charge in [0.2, 0.25) is 0 Å². The summed E-state index contributed by atoms with van der Waals surface area (Å²) >= 11 is 0. The van der Waals surface area contributed by atoms with Gasteiger partial charge in [0.1, 0.15) is 12.4 Å². The largest absolute Gasteiger partial charge is 0.378 e. The highest BCUT2D eigenvalue weighted by molar-refractivity contribution is 5.37. The van der Waals surface area contributed by atoms with E-state index in [0.29, 0.717) is 24.7 Å². The Morgan fingerprint density at radius 2 is 2.25 bits per heavy atom. The second-order valence-corrected chi connectivity index (χ2v) is 5.79. The Balaban J connectivity index is 1.73. The molecule has 0 aromatic carbocycles. The van der Waals surface area contributed by atoms with E-state index in [2.05, 4.69) is 15.3 Å². The SMILES string of the molecule is COCc1nc(C)cc(N[C@@H]2CCC[C@@H]3OCC[C@H]32)n1. The van der Waals surface area contributed by atoms with E-state index in [0.717, 1.165) is 30.4 Å². The molecule has 1 N–H and O–H groups in total. The first-order valence-electron chi connectivity index (χ1n) is 7.48. The predicted octanol–water partition coefficient (Wildman–Crippen LogP) is 2.30. The highest BCUT2D eigenvalue weighted by Crippen LogP contribution is 2.35. The van der Waals surface area contributed by atoms with Crippen molar-refractivity contribution in [3.05, 3.63) is 17.6 Å². The Morgan fingerprint density at radius 3 is 3.10 bits per heavy atom. The van der Waals surface area contributed by atoms with E-state index in [9.17, 15) is 0 Å². The molecule has 1 saturated heterocycles. The van der Waals surface area contributed by atoms with E-state index in [1.165, 1.54) is 19.3 Å². The van der Waals surface area contributed by atoms with E-state index in [-0.39, 0.29) is 0 Å². The molecule has 1 saturated carbocycles. The van der Waals surface area contributed by atoms with Gasteiger partial charge in [-0.05, 0) is 32.6 Å². The van der Waals surface area contributed by atoms with Gasteiger partial charge in [0.15, 0.2) is 5.82 Å². The third-order valence-corrected chi connectivity index (χ3v) is 4.29. The molecule has 2 aliphatic rings. The molecule has 0 unspecified atom stereocenters. The van der Waals surface area contributed by atoms with Crippen LogP contribution in [0.5, 0.6) is 0 Å². The summed E-state index contributed by atoms with van der Waals surface area (Å²) in [6, 6.07) is 2.49. The van der Waals surface area contributed by atoms with Crippen LogP contribution in [0.15, 0.2) is 6.07 Å². The minimum Gasteiger partial charge on any atom is -0.378 e. The minimum atomic E-state index is 0.447. The number of nitrogens with zero attached hydrogens (tertiary/aromatic N) is 2. The van der Waals surface area contributed by atoms with Gasteiger partial charge in [0.05, 0.1) is 6.10 Å². The van der Waals surface area contributed by atoms with Crippen molar-refractivity contribution in [1.82, 2.24) is 9.97 Å². The number of hydrogen-bond donors (Lipinski definition) is 1. The molecule has 1 aliphatic heterocycles. The van der Waals surface area contributed by atoms with Gasteiger partial charge in [0, 0.05) is 37.4 Å². The summed E-state index contributed by atoms with van der Waals surface area (Å²) in [6.07, 6.45) is 5.25. The van der Waals surface area contributed by atoms with Gasteiger partial charge < -0.3 is 14.8 Å². The second kappa shape index (κ2) is 6.06. The van der Waals surface area contributed by atoms with Crippen LogP contribution < -0.4 is 5.32 Å². The average Bonchev–Trinajstić information content (AvgIpc) is 2.88. The molecule has 0 amide bonds. The van der Waals surface area contributed by atoms with Crippen LogP contribution in [0.25, 0.3) is 0 Å². The summed E-state index contributed by atoms with van der Waals surface area (Å²) in [7, 11) is 1.67. The smallest absolute Gasteiger partial charge is 0.156 e. The molecule has 0 spiro atoms. The van der Waals surface area contributed by atoms with Gasteiger partial charge >= 0.3 is 0 Å². The van der Waals surface area contributed by atoms with Gasteiger partial charge in [-0.15, -0.1) is 0 Å². The number of hydrogen-bond acceptors (Lipinski definition) is 5. The Kier molecular flexibility index (Phi) is 4.17. The molecule has 1 aliphatic carbocycles. The van der Waals surface area contributed by atoms with Crippen LogP contribution in [0.2, 0.25) is 0 Å². The lowest BCUT2D eigenvalue weighted by Crippen LogP contribution is -2.38. The Labute approximate surface area is 120 Å². The van der Waals surface area contributed by atoms with Crippen molar-refractivity contribution in [1.29, 1.82) is 0 Å². The van der Waals surface area contributed by atoms with Crippen molar-refractivity contribution in [3.8, 4) is 0 Å². The van der Waals surface area contributed by atoms with E-state index in [1.54, 1.807) is 7.11 Å². The summed E-state index contributed by atoms with van der Waals surface area (Å²) in [5.41, 5.74) is 0.976. The van der Waals surface area contributed by atoms with E-state index in [4.69, 9.17) is 9.47 Å². The number of fused-ring (bicyclic) bond motifs is 1. The summed E-state index contributed by atoms with van der Waals surface area (Å²) in [5.74, 6) is 2.29. The van der Waals surface area contributed by atoms with Gasteiger partial charge in [-0.1, -0.05) is 0 Å². The average molecular weight is 277 g/mol. The summed E-state index contributed by atoms with van der Waals surface area (Å²) in [6.45, 7) is 3.36. The van der Waals surface area contributed by atoms with Crippen LogP contribution in [0.4, 0.5) is 5.82 Å². The third-order valence-electron chi connectivity index (χ3n) is 4.29. The van der Waals surface area contributed by atoms with Crippen molar-refractivity contribution in [2.75, 3.05) is 19.0 Å². The lowest BCUT2D eigenvalue weighted by Gasteiger charge is -2.33. The zero-order chi connectivity index (χ0) is 13.9. The molecular weight excluding hydrogens is 254 g/mol. The normalized spacial score (nSPS) is 29.2. The zero-order valence-corrected chi connectivity index (χ0v) is 12.3.